The van der Waals surface area contributed by atoms with Crippen LogP contribution in [0, 0.1) is 11.2 Å². The summed E-state index contributed by atoms with van der Waals surface area (Å²) in [4.78, 5) is 10.6. The number of nitrogens with two attached hydrogens (primary N) is 1. The summed E-state index contributed by atoms with van der Waals surface area (Å²) in [5, 5.41) is 18.5. The minimum absolute atomic E-state index is 0. The molecule has 0 aliphatic heterocycles. The molecule has 7 heteroatoms. The molecule has 5 N–H and O–H groups in total. The van der Waals surface area contributed by atoms with Crippen molar-refractivity contribution in [3.8, 4) is 0 Å². The van der Waals surface area contributed by atoms with Crippen LogP contribution in [0.4, 0.5) is 10.1 Å². The van der Waals surface area contributed by atoms with Crippen LogP contribution in [0.3, 0.4) is 0 Å². The van der Waals surface area contributed by atoms with Gasteiger partial charge in [-0.1, -0.05) is 6.07 Å². The van der Waals surface area contributed by atoms with Crippen LogP contribution in [0.2, 0.25) is 0 Å². The van der Waals surface area contributed by atoms with Crippen LogP contribution in [-0.4, -0.2) is 23.0 Å². The van der Waals surface area contributed by atoms with Crippen molar-refractivity contribution in [3.63, 3.8) is 0 Å². The standard InChI is InChI=1S/C10H12FN3O2.ClH/c1-5(10(15)16)14-7-4-2-3-6(11)8(7)9(12)13;/h2-5,14H,1H3,(H3,12,13)(H,15,16);1H. The highest BCUT2D eigenvalue weighted by Gasteiger charge is 2.16. The van der Waals surface area contributed by atoms with Gasteiger partial charge in [-0.2, -0.15) is 0 Å². The van der Waals surface area contributed by atoms with Crippen LogP contribution in [0.5, 0.6) is 0 Å². The van der Waals surface area contributed by atoms with Gasteiger partial charge in [-0.05, 0) is 19.1 Å². The molecule has 1 aromatic rings. The molecule has 1 aromatic carbocycles. The molecule has 1 unspecified atom stereocenters. The molecular weight excluding hydrogens is 249 g/mol. The first-order valence-electron chi connectivity index (χ1n) is 4.55. The lowest BCUT2D eigenvalue weighted by Gasteiger charge is -2.14. The Morgan fingerprint density at radius 3 is 2.65 bits per heavy atom. The quantitative estimate of drug-likeness (QED) is 0.486. The lowest BCUT2D eigenvalue weighted by Crippen LogP contribution is -2.27. The fourth-order valence-corrected chi connectivity index (χ4v) is 1.21. The normalized spacial score (nSPS) is 11.2. The van der Waals surface area contributed by atoms with Crippen LogP contribution in [0.1, 0.15) is 12.5 Å². The highest BCUT2D eigenvalue weighted by atomic mass is 35.5. The number of hydrogen-bond acceptors (Lipinski definition) is 3. The highest BCUT2D eigenvalue weighted by Crippen LogP contribution is 2.19. The van der Waals surface area contributed by atoms with Gasteiger partial charge >= 0.3 is 5.97 Å². The number of amidine groups is 1. The molecule has 0 aliphatic carbocycles. The Morgan fingerprint density at radius 1 is 1.59 bits per heavy atom. The van der Waals surface area contributed by atoms with E-state index in [2.05, 4.69) is 5.32 Å². The van der Waals surface area contributed by atoms with Crippen molar-refractivity contribution in [1.29, 1.82) is 5.41 Å². The summed E-state index contributed by atoms with van der Waals surface area (Å²) in [6, 6.07) is 3.16. The number of carboxylic acids is 1. The van der Waals surface area contributed by atoms with E-state index in [0.717, 1.165) is 6.07 Å². The Bertz CT molecular complexity index is 440. The lowest BCUT2D eigenvalue weighted by molar-refractivity contribution is -0.137. The smallest absolute Gasteiger partial charge is 0.325 e. The van der Waals surface area contributed by atoms with Gasteiger partial charge in [-0.15, -0.1) is 12.4 Å². The molecule has 0 fully saturated rings. The number of nitrogens with one attached hydrogen (secondary N) is 2. The second kappa shape index (κ2) is 6.05. The molecule has 0 aliphatic rings. The van der Waals surface area contributed by atoms with Gasteiger partial charge in [0.25, 0.3) is 0 Å². The van der Waals surface area contributed by atoms with E-state index < -0.39 is 23.7 Å². The highest BCUT2D eigenvalue weighted by molar-refractivity contribution is 6.01. The maximum absolute atomic E-state index is 13.3. The van der Waals surface area contributed by atoms with Crippen molar-refractivity contribution in [2.45, 2.75) is 13.0 Å². The van der Waals surface area contributed by atoms with Crippen molar-refractivity contribution in [2.24, 2.45) is 5.73 Å². The van der Waals surface area contributed by atoms with Gasteiger partial charge in [0, 0.05) is 5.69 Å². The van der Waals surface area contributed by atoms with E-state index >= 15 is 0 Å². The molecular formula is C10H13ClFN3O2. The predicted molar refractivity (Wildman–Crippen MR) is 65.4 cm³/mol. The van der Waals surface area contributed by atoms with E-state index in [4.69, 9.17) is 16.2 Å². The summed E-state index contributed by atoms with van der Waals surface area (Å²) in [6.45, 7) is 1.41. The molecule has 0 spiro atoms. The molecule has 94 valence electrons. The summed E-state index contributed by atoms with van der Waals surface area (Å²) < 4.78 is 13.3. The topological polar surface area (TPSA) is 99.2 Å². The van der Waals surface area contributed by atoms with Gasteiger partial charge < -0.3 is 16.2 Å². The third-order valence-electron chi connectivity index (χ3n) is 2.03. The van der Waals surface area contributed by atoms with E-state index in [-0.39, 0.29) is 23.7 Å². The summed E-state index contributed by atoms with van der Waals surface area (Å²) in [7, 11) is 0. The van der Waals surface area contributed by atoms with Crippen molar-refractivity contribution in [2.75, 3.05) is 5.32 Å². The molecule has 0 amide bonds. The van der Waals surface area contributed by atoms with E-state index in [1.165, 1.54) is 19.1 Å². The molecule has 0 aromatic heterocycles. The number of carboxylic acid groups (broad SMARTS) is 1. The van der Waals surface area contributed by atoms with E-state index in [1.807, 2.05) is 0 Å². The Balaban J connectivity index is 0.00000256. The number of anilines is 1. The summed E-state index contributed by atoms with van der Waals surface area (Å²) in [5.74, 6) is -2.17. The van der Waals surface area contributed by atoms with Gasteiger partial charge in [0.05, 0.1) is 5.56 Å². The number of rotatable bonds is 4. The maximum Gasteiger partial charge on any atom is 0.325 e. The predicted octanol–water partition coefficient (Wildman–Crippen LogP) is 1.42. The molecule has 0 heterocycles. The second-order valence-corrected chi connectivity index (χ2v) is 3.28. The summed E-state index contributed by atoms with van der Waals surface area (Å²) in [5.41, 5.74) is 5.30. The largest absolute Gasteiger partial charge is 0.480 e. The average Bonchev–Trinajstić information content (AvgIpc) is 2.16. The molecule has 1 atom stereocenters. The van der Waals surface area contributed by atoms with Gasteiger partial charge in [0.15, 0.2) is 0 Å². The summed E-state index contributed by atoms with van der Waals surface area (Å²) >= 11 is 0. The lowest BCUT2D eigenvalue weighted by atomic mass is 10.1. The monoisotopic (exact) mass is 261 g/mol. The zero-order valence-electron chi connectivity index (χ0n) is 9.03. The molecule has 0 saturated heterocycles. The number of halogens is 2. The van der Waals surface area contributed by atoms with E-state index in [0.29, 0.717) is 0 Å². The number of hydrogen-bond donors (Lipinski definition) is 4. The van der Waals surface area contributed by atoms with E-state index in [9.17, 15) is 9.18 Å². The van der Waals surface area contributed by atoms with Gasteiger partial charge in [0.2, 0.25) is 0 Å². The molecule has 0 bridgehead atoms. The first-order valence-corrected chi connectivity index (χ1v) is 4.55. The Morgan fingerprint density at radius 2 is 2.18 bits per heavy atom. The third kappa shape index (κ3) is 3.60. The maximum atomic E-state index is 13.3. The molecule has 1 rings (SSSR count). The SMILES string of the molecule is CC(Nc1cccc(F)c1C(=N)N)C(=O)O.Cl. The minimum Gasteiger partial charge on any atom is -0.480 e. The first-order chi connectivity index (χ1) is 7.43. The van der Waals surface area contributed by atoms with Crippen molar-refractivity contribution in [3.05, 3.63) is 29.6 Å². The van der Waals surface area contributed by atoms with Crippen molar-refractivity contribution >= 4 is 29.9 Å². The fraction of sp³-hybridized carbons (Fsp3) is 0.200. The van der Waals surface area contributed by atoms with Crippen LogP contribution >= 0.6 is 12.4 Å². The van der Waals surface area contributed by atoms with Crippen LogP contribution < -0.4 is 11.1 Å². The van der Waals surface area contributed by atoms with Crippen LogP contribution in [0.25, 0.3) is 0 Å². The van der Waals surface area contributed by atoms with Crippen LogP contribution in [0.15, 0.2) is 18.2 Å². The van der Waals surface area contributed by atoms with Gasteiger partial charge in [0.1, 0.15) is 17.7 Å². The van der Waals surface area contributed by atoms with E-state index in [1.54, 1.807) is 0 Å². The Hall–Kier alpha value is -1.82. The number of benzene rings is 1. The summed E-state index contributed by atoms with van der Waals surface area (Å²) in [6.07, 6.45) is 0. The minimum atomic E-state index is -1.07. The van der Waals surface area contributed by atoms with Crippen molar-refractivity contribution in [1.82, 2.24) is 0 Å². The first kappa shape index (κ1) is 15.2. The molecule has 17 heavy (non-hydrogen) atoms. The van der Waals surface area contributed by atoms with Crippen molar-refractivity contribution < 1.29 is 14.3 Å². The molecule has 0 saturated carbocycles. The molecule has 5 nitrogen and oxygen atoms in total. The third-order valence-corrected chi connectivity index (χ3v) is 2.03. The van der Waals surface area contributed by atoms with Gasteiger partial charge in [-0.3, -0.25) is 10.2 Å². The average molecular weight is 262 g/mol. The number of nitrogen functional groups attached to an aromatic ring is 1. The zero-order valence-corrected chi connectivity index (χ0v) is 9.84. The zero-order chi connectivity index (χ0) is 12.3. The second-order valence-electron chi connectivity index (χ2n) is 3.28. The Labute approximate surface area is 104 Å². The van der Waals surface area contributed by atoms with Crippen LogP contribution in [-0.2, 0) is 4.79 Å². The van der Waals surface area contributed by atoms with Gasteiger partial charge in [-0.25, -0.2) is 4.39 Å². The number of aliphatic carboxylic acids is 1. The molecule has 0 radical (unpaired) electrons. The Kier molecular flexibility index (Phi) is 5.40. The number of carbonyl (C=O) groups is 1. The fourth-order valence-electron chi connectivity index (χ4n) is 1.21.